The molecule has 2 aromatic carbocycles. The first-order valence-electron chi connectivity index (χ1n) is 14.1. The Bertz CT molecular complexity index is 1280. The lowest BCUT2D eigenvalue weighted by atomic mass is 9.77. The van der Waals surface area contributed by atoms with Crippen molar-refractivity contribution in [1.29, 1.82) is 0 Å². The highest BCUT2D eigenvalue weighted by Crippen LogP contribution is 2.31. The van der Waals surface area contributed by atoms with Gasteiger partial charge in [0.05, 0.1) is 0 Å². The van der Waals surface area contributed by atoms with E-state index in [9.17, 15) is 14.4 Å². The number of hydrogen-bond acceptors (Lipinski definition) is 7. The summed E-state index contributed by atoms with van der Waals surface area (Å²) in [5.41, 5.74) is 1.95. The maximum Gasteiger partial charge on any atom is 0.407 e. The van der Waals surface area contributed by atoms with Crippen molar-refractivity contribution in [2.45, 2.75) is 64.9 Å². The fraction of sp³-hybridized carbons (Fsp3) is 0.484. The summed E-state index contributed by atoms with van der Waals surface area (Å²) in [6, 6.07) is 15.2. The molecule has 10 heteroatoms. The Hall–Kier alpha value is -3.40. The fourth-order valence-electron chi connectivity index (χ4n) is 5.13. The number of ketones is 1. The summed E-state index contributed by atoms with van der Waals surface area (Å²) in [4.78, 5) is 43.1. The van der Waals surface area contributed by atoms with Crippen LogP contribution < -0.4 is 10.6 Å². The van der Waals surface area contributed by atoms with E-state index in [4.69, 9.17) is 4.74 Å². The van der Waals surface area contributed by atoms with Crippen LogP contribution >= 0.6 is 15.9 Å². The third kappa shape index (κ3) is 9.59. The van der Waals surface area contributed by atoms with Gasteiger partial charge in [0, 0.05) is 40.5 Å². The number of carbonyl (C=O) groups excluding carboxylic acids is 3. The number of Topliss-reactive ketones (excluding diaryl/α,β-unsaturated/α-hetero) is 1. The minimum absolute atomic E-state index is 0.0753. The van der Waals surface area contributed by atoms with Crippen molar-refractivity contribution in [2.75, 3.05) is 18.5 Å². The molecule has 1 heterocycles. The number of anilines is 1. The van der Waals surface area contributed by atoms with Gasteiger partial charge in [-0.1, -0.05) is 28.1 Å². The Balaban J connectivity index is 1.34. The molecule has 1 aliphatic carbocycles. The molecular formula is C31H38BrN5O4. The lowest BCUT2D eigenvalue weighted by molar-refractivity contribution is -0.129. The zero-order valence-corrected chi connectivity index (χ0v) is 25.4. The van der Waals surface area contributed by atoms with Crippen LogP contribution in [0.4, 0.5) is 10.5 Å². The Kier molecular flexibility index (Phi) is 10.4. The van der Waals surface area contributed by atoms with Crippen LogP contribution in [0.15, 0.2) is 68.2 Å². The van der Waals surface area contributed by atoms with Gasteiger partial charge in [-0.3, -0.25) is 9.59 Å². The van der Waals surface area contributed by atoms with E-state index in [1.807, 2.05) is 69.3 Å². The SMILES string of the molecule is CC(C)(C)OC(=O)NCC1CCC(C(=O)CC(Cc2ccc(Br)cc2)C(=O)Nc2ccc(C3=NCN=N3)cc2)CC1. The summed E-state index contributed by atoms with van der Waals surface area (Å²) in [5.74, 6) is 0.268. The van der Waals surface area contributed by atoms with Crippen LogP contribution in [0.2, 0.25) is 0 Å². The Morgan fingerprint density at radius 2 is 1.68 bits per heavy atom. The van der Waals surface area contributed by atoms with Crippen LogP contribution in [0.1, 0.15) is 64.0 Å². The second-order valence-electron chi connectivity index (χ2n) is 11.7. The van der Waals surface area contributed by atoms with Crippen molar-refractivity contribution < 1.29 is 19.1 Å². The summed E-state index contributed by atoms with van der Waals surface area (Å²) in [6.07, 6.45) is 3.46. The van der Waals surface area contributed by atoms with Crippen LogP contribution in [0, 0.1) is 17.8 Å². The first kappa shape index (κ1) is 30.6. The molecule has 2 amide bonds. The number of benzene rings is 2. The van der Waals surface area contributed by atoms with Crippen LogP contribution in [0.25, 0.3) is 0 Å². The van der Waals surface area contributed by atoms with Crippen molar-refractivity contribution in [3.8, 4) is 0 Å². The summed E-state index contributed by atoms with van der Waals surface area (Å²) >= 11 is 3.46. The molecule has 0 saturated heterocycles. The van der Waals surface area contributed by atoms with Crippen LogP contribution in [-0.4, -0.2) is 42.4 Å². The molecule has 1 unspecified atom stereocenters. The number of amides is 2. The molecule has 0 aromatic heterocycles. The van der Waals surface area contributed by atoms with E-state index >= 15 is 0 Å². The maximum atomic E-state index is 13.5. The number of amidine groups is 1. The van der Waals surface area contributed by atoms with Gasteiger partial charge in [-0.25, -0.2) is 9.79 Å². The molecule has 2 N–H and O–H groups in total. The van der Waals surface area contributed by atoms with Gasteiger partial charge < -0.3 is 15.4 Å². The molecule has 41 heavy (non-hydrogen) atoms. The van der Waals surface area contributed by atoms with Crippen molar-refractivity contribution >= 4 is 45.2 Å². The van der Waals surface area contributed by atoms with Gasteiger partial charge in [0.1, 0.15) is 11.4 Å². The van der Waals surface area contributed by atoms with E-state index in [0.29, 0.717) is 37.1 Å². The van der Waals surface area contributed by atoms with Gasteiger partial charge in [-0.15, -0.1) is 5.11 Å². The number of alkyl carbamates (subject to hydrolysis) is 1. The normalized spacial score (nSPS) is 19.3. The zero-order valence-electron chi connectivity index (χ0n) is 23.9. The van der Waals surface area contributed by atoms with E-state index in [1.54, 1.807) is 0 Å². The fourth-order valence-corrected chi connectivity index (χ4v) is 5.39. The lowest BCUT2D eigenvalue weighted by Crippen LogP contribution is -2.37. The highest BCUT2D eigenvalue weighted by molar-refractivity contribution is 9.10. The quantitative estimate of drug-likeness (QED) is 0.305. The average molecular weight is 625 g/mol. The van der Waals surface area contributed by atoms with Crippen LogP contribution in [0.5, 0.6) is 0 Å². The number of hydrogen-bond donors (Lipinski definition) is 2. The number of azo groups is 1. The largest absolute Gasteiger partial charge is 0.444 e. The van der Waals surface area contributed by atoms with E-state index in [-0.39, 0.29) is 24.0 Å². The highest BCUT2D eigenvalue weighted by Gasteiger charge is 2.30. The number of halogens is 1. The van der Waals surface area contributed by atoms with Crippen LogP contribution in [0.3, 0.4) is 0 Å². The molecule has 1 fully saturated rings. The second-order valence-corrected chi connectivity index (χ2v) is 12.6. The van der Waals surface area contributed by atoms with Crippen molar-refractivity contribution in [3.05, 3.63) is 64.1 Å². The monoisotopic (exact) mass is 623 g/mol. The molecular weight excluding hydrogens is 586 g/mol. The van der Waals surface area contributed by atoms with E-state index < -0.39 is 17.6 Å². The number of nitrogens with one attached hydrogen (secondary N) is 2. The molecule has 9 nitrogen and oxygen atoms in total. The second kappa shape index (κ2) is 14.0. The van der Waals surface area contributed by atoms with E-state index in [0.717, 1.165) is 41.3 Å². The van der Waals surface area contributed by atoms with Gasteiger partial charge in [0.2, 0.25) is 5.91 Å². The topological polar surface area (TPSA) is 122 Å². The van der Waals surface area contributed by atoms with Gasteiger partial charge in [0.15, 0.2) is 12.5 Å². The number of carbonyl (C=O) groups is 3. The maximum absolute atomic E-state index is 13.5. The number of aliphatic imine (C=N–C) groups is 1. The summed E-state index contributed by atoms with van der Waals surface area (Å²) in [5, 5.41) is 13.7. The van der Waals surface area contributed by atoms with Gasteiger partial charge in [-0.05, 0) is 101 Å². The third-order valence-corrected chi connectivity index (χ3v) is 7.84. The smallest absolute Gasteiger partial charge is 0.407 e. The molecule has 1 aliphatic heterocycles. The minimum atomic E-state index is -0.533. The van der Waals surface area contributed by atoms with Gasteiger partial charge >= 0.3 is 6.09 Å². The Morgan fingerprint density at radius 1 is 1.00 bits per heavy atom. The van der Waals surface area contributed by atoms with Crippen LogP contribution in [-0.2, 0) is 20.7 Å². The molecule has 1 atom stereocenters. The molecule has 0 spiro atoms. The van der Waals surface area contributed by atoms with Crippen molar-refractivity contribution in [2.24, 2.45) is 33.0 Å². The zero-order chi connectivity index (χ0) is 29.4. The molecule has 0 radical (unpaired) electrons. The average Bonchev–Trinajstić information content (AvgIpc) is 3.48. The number of rotatable bonds is 10. The first-order chi connectivity index (χ1) is 19.6. The molecule has 0 bridgehead atoms. The minimum Gasteiger partial charge on any atom is -0.444 e. The molecule has 1 saturated carbocycles. The van der Waals surface area contributed by atoms with Crippen molar-refractivity contribution in [1.82, 2.24) is 5.32 Å². The Morgan fingerprint density at radius 3 is 2.29 bits per heavy atom. The molecule has 2 aromatic rings. The summed E-state index contributed by atoms with van der Waals surface area (Å²) in [7, 11) is 0. The first-order valence-corrected chi connectivity index (χ1v) is 14.9. The molecule has 2 aliphatic rings. The van der Waals surface area contributed by atoms with E-state index in [1.165, 1.54) is 0 Å². The van der Waals surface area contributed by atoms with Crippen molar-refractivity contribution in [3.63, 3.8) is 0 Å². The molecule has 218 valence electrons. The summed E-state index contributed by atoms with van der Waals surface area (Å²) in [6.45, 7) is 6.39. The lowest BCUT2D eigenvalue weighted by Gasteiger charge is -2.29. The van der Waals surface area contributed by atoms with Gasteiger partial charge in [0.25, 0.3) is 0 Å². The van der Waals surface area contributed by atoms with Gasteiger partial charge in [-0.2, -0.15) is 5.11 Å². The predicted molar refractivity (Wildman–Crippen MR) is 162 cm³/mol. The Labute approximate surface area is 249 Å². The third-order valence-electron chi connectivity index (χ3n) is 7.31. The van der Waals surface area contributed by atoms with E-state index in [2.05, 4.69) is 41.8 Å². The summed E-state index contributed by atoms with van der Waals surface area (Å²) < 4.78 is 6.28. The number of ether oxygens (including phenoxy) is 1. The number of nitrogens with zero attached hydrogens (tertiary/aromatic N) is 3. The highest BCUT2D eigenvalue weighted by atomic mass is 79.9. The standard InChI is InChI=1S/C31H38BrN5O4/c1-31(2,3)41-30(40)33-18-21-4-8-22(9-5-21)27(38)17-24(16-20-6-12-25(32)13-7-20)29(39)36-26-14-10-23(11-15-26)28-34-19-35-37-28/h6-7,10-15,21-22,24H,4-5,8-9,16-19H2,1-3H3,(H,33,40)(H,36,39). The predicted octanol–water partition coefficient (Wildman–Crippen LogP) is 6.71. The molecule has 4 rings (SSSR count).